The summed E-state index contributed by atoms with van der Waals surface area (Å²) in [5.74, 6) is -2.07. The lowest BCUT2D eigenvalue weighted by Gasteiger charge is -2.32. The molecule has 0 radical (unpaired) electrons. The van der Waals surface area contributed by atoms with E-state index < -0.39 is 39.4 Å². The molecule has 12 heteroatoms. The zero-order valence-corrected chi connectivity index (χ0v) is 24.4. The van der Waals surface area contributed by atoms with Gasteiger partial charge in [-0.1, -0.05) is 29.8 Å². The third kappa shape index (κ3) is 8.17. The van der Waals surface area contributed by atoms with Gasteiger partial charge in [-0.2, -0.15) is 0 Å². The van der Waals surface area contributed by atoms with Crippen molar-refractivity contribution in [3.63, 3.8) is 0 Å². The van der Waals surface area contributed by atoms with Gasteiger partial charge in [0, 0.05) is 36.7 Å². The Morgan fingerprint density at radius 1 is 1.00 bits per heavy atom. The van der Waals surface area contributed by atoms with Gasteiger partial charge in [-0.15, -0.1) is 0 Å². The molecule has 3 aromatic rings. The fourth-order valence-electron chi connectivity index (χ4n) is 4.12. The van der Waals surface area contributed by atoms with Crippen molar-refractivity contribution in [3.8, 4) is 5.75 Å². The van der Waals surface area contributed by atoms with E-state index in [1.165, 1.54) is 36.3 Å². The van der Waals surface area contributed by atoms with E-state index in [0.29, 0.717) is 29.3 Å². The molecule has 0 aromatic heterocycles. The Morgan fingerprint density at radius 2 is 1.68 bits per heavy atom. The summed E-state index contributed by atoms with van der Waals surface area (Å²) >= 11 is 5.94. The van der Waals surface area contributed by atoms with Gasteiger partial charge in [-0.05, 0) is 55.8 Å². The number of hydrogen-bond donors (Lipinski definition) is 0. The van der Waals surface area contributed by atoms with Gasteiger partial charge in [0.2, 0.25) is 5.91 Å². The van der Waals surface area contributed by atoms with Gasteiger partial charge < -0.3 is 14.4 Å². The van der Waals surface area contributed by atoms with Crippen LogP contribution in [0.25, 0.3) is 0 Å². The molecule has 0 aliphatic heterocycles. The molecule has 0 heterocycles. The minimum atomic E-state index is -4.40. The Bertz CT molecular complexity index is 1470. The number of anilines is 1. The van der Waals surface area contributed by atoms with Crippen LogP contribution in [0.15, 0.2) is 71.6 Å². The van der Waals surface area contributed by atoms with Crippen molar-refractivity contribution in [3.05, 3.63) is 89.0 Å². The van der Waals surface area contributed by atoms with Crippen LogP contribution in [-0.2, 0) is 24.3 Å². The number of carbonyl (C=O) groups is 2. The summed E-state index contributed by atoms with van der Waals surface area (Å²) < 4.78 is 68.3. The minimum absolute atomic E-state index is 0.0111. The number of nitrogens with zero attached hydrogens (tertiary/aromatic N) is 2. The van der Waals surface area contributed by atoms with Crippen molar-refractivity contribution in [2.24, 2.45) is 0 Å². The van der Waals surface area contributed by atoms with Gasteiger partial charge in [-0.3, -0.25) is 13.9 Å². The average molecular weight is 609 g/mol. The number of amides is 1. The molecule has 0 fully saturated rings. The lowest BCUT2D eigenvalue weighted by atomic mass is 10.1. The summed E-state index contributed by atoms with van der Waals surface area (Å²) in [4.78, 5) is 24.8. The van der Waals surface area contributed by atoms with Crippen molar-refractivity contribution < 1.29 is 36.3 Å². The van der Waals surface area contributed by atoms with Crippen molar-refractivity contribution >= 4 is 39.2 Å². The number of rotatable bonds is 13. The molecule has 220 valence electrons. The maximum atomic E-state index is 15.0. The largest absolute Gasteiger partial charge is 0.493 e. The number of benzene rings is 3. The zero-order chi connectivity index (χ0) is 30.2. The van der Waals surface area contributed by atoms with E-state index in [2.05, 4.69) is 4.74 Å². The number of methoxy groups -OCH3 is 1. The highest BCUT2D eigenvalue weighted by Crippen LogP contribution is 2.38. The van der Waals surface area contributed by atoms with E-state index in [4.69, 9.17) is 16.3 Å². The van der Waals surface area contributed by atoms with Crippen LogP contribution in [0.3, 0.4) is 0 Å². The Hall–Kier alpha value is -3.70. The second kappa shape index (κ2) is 14.3. The van der Waals surface area contributed by atoms with Gasteiger partial charge in [0.1, 0.15) is 17.4 Å². The van der Waals surface area contributed by atoms with E-state index >= 15 is 4.39 Å². The van der Waals surface area contributed by atoms with Crippen LogP contribution in [0.2, 0.25) is 5.02 Å². The van der Waals surface area contributed by atoms with Crippen molar-refractivity contribution in [2.45, 2.75) is 37.1 Å². The van der Waals surface area contributed by atoms with Crippen LogP contribution in [0.1, 0.15) is 37.8 Å². The van der Waals surface area contributed by atoms with Crippen LogP contribution in [-0.4, -0.2) is 52.5 Å². The lowest BCUT2D eigenvalue weighted by Crippen LogP contribution is -2.34. The van der Waals surface area contributed by atoms with Crippen LogP contribution < -0.4 is 9.04 Å². The highest BCUT2D eigenvalue weighted by atomic mass is 35.5. The molecule has 8 nitrogen and oxygen atoms in total. The molecule has 0 spiro atoms. The van der Waals surface area contributed by atoms with Crippen molar-refractivity contribution in [2.75, 3.05) is 31.6 Å². The molecule has 0 bridgehead atoms. The topological polar surface area (TPSA) is 93.2 Å². The quantitative estimate of drug-likeness (QED) is 0.181. The standard InChI is InChI=1S/C29H31ClF2N2O6S/c1-20(24-7-4-5-8-27(24)40-18-6-17-33(2)28(35)15-16-29(36)39-3)34(26-19-22(31)11-14-25(26)32)41(37,38)23-12-9-21(30)10-13-23/h4-5,7-14,19-20H,6,15-18H2,1-3H3. The molecule has 0 saturated heterocycles. The Morgan fingerprint density at radius 3 is 2.37 bits per heavy atom. The van der Waals surface area contributed by atoms with Crippen molar-refractivity contribution in [1.29, 1.82) is 0 Å². The number of carbonyl (C=O) groups excluding carboxylic acids is 2. The maximum Gasteiger partial charge on any atom is 0.306 e. The zero-order valence-electron chi connectivity index (χ0n) is 22.8. The van der Waals surface area contributed by atoms with Crippen LogP contribution in [0.4, 0.5) is 14.5 Å². The molecule has 3 aromatic carbocycles. The van der Waals surface area contributed by atoms with E-state index in [1.807, 2.05) is 0 Å². The molecule has 41 heavy (non-hydrogen) atoms. The summed E-state index contributed by atoms with van der Waals surface area (Å²) in [6, 6.07) is 13.6. The van der Waals surface area contributed by atoms with E-state index in [9.17, 15) is 22.4 Å². The van der Waals surface area contributed by atoms with Gasteiger partial charge >= 0.3 is 5.97 Å². The summed E-state index contributed by atoms with van der Waals surface area (Å²) in [5.41, 5.74) is -0.0504. The first-order valence-corrected chi connectivity index (χ1v) is 14.5. The predicted octanol–water partition coefficient (Wildman–Crippen LogP) is 5.76. The number of ether oxygens (including phenoxy) is 2. The second-order valence-electron chi connectivity index (χ2n) is 9.16. The normalized spacial score (nSPS) is 12.0. The smallest absolute Gasteiger partial charge is 0.306 e. The number of para-hydroxylation sites is 1. The summed E-state index contributed by atoms with van der Waals surface area (Å²) in [7, 11) is -1.53. The summed E-state index contributed by atoms with van der Waals surface area (Å²) in [6.45, 7) is 2.08. The Labute approximate surface area is 243 Å². The lowest BCUT2D eigenvalue weighted by molar-refractivity contribution is -0.143. The van der Waals surface area contributed by atoms with Gasteiger partial charge in [0.15, 0.2) is 0 Å². The van der Waals surface area contributed by atoms with Gasteiger partial charge in [0.25, 0.3) is 10.0 Å². The van der Waals surface area contributed by atoms with Gasteiger partial charge in [0.05, 0.1) is 36.8 Å². The molecule has 0 aliphatic carbocycles. The highest BCUT2D eigenvalue weighted by molar-refractivity contribution is 7.92. The maximum absolute atomic E-state index is 15.0. The van der Waals surface area contributed by atoms with E-state index in [1.54, 1.807) is 38.2 Å². The third-order valence-corrected chi connectivity index (χ3v) is 8.48. The summed E-state index contributed by atoms with van der Waals surface area (Å²) in [5, 5.41) is 0.315. The first kappa shape index (κ1) is 31.8. The van der Waals surface area contributed by atoms with Crippen LogP contribution in [0.5, 0.6) is 5.75 Å². The number of sulfonamides is 1. The Balaban J connectivity index is 1.84. The number of halogens is 3. The molecule has 1 atom stereocenters. The molecule has 0 saturated carbocycles. The SMILES string of the molecule is COC(=O)CCC(=O)N(C)CCCOc1ccccc1C(C)N(c1cc(F)ccc1F)S(=O)(=O)c1ccc(Cl)cc1. The molecule has 0 N–H and O–H groups in total. The number of esters is 1. The van der Waals surface area contributed by atoms with Crippen molar-refractivity contribution in [1.82, 2.24) is 4.90 Å². The van der Waals surface area contributed by atoms with E-state index in [-0.39, 0.29) is 30.3 Å². The minimum Gasteiger partial charge on any atom is -0.493 e. The first-order chi connectivity index (χ1) is 19.4. The average Bonchev–Trinajstić information content (AvgIpc) is 2.95. The predicted molar refractivity (Wildman–Crippen MR) is 151 cm³/mol. The highest BCUT2D eigenvalue weighted by Gasteiger charge is 2.34. The molecule has 0 aliphatic rings. The molecule has 1 unspecified atom stereocenters. The third-order valence-electron chi connectivity index (χ3n) is 6.33. The fourth-order valence-corrected chi connectivity index (χ4v) is 5.88. The first-order valence-electron chi connectivity index (χ1n) is 12.7. The van der Waals surface area contributed by atoms with E-state index in [0.717, 1.165) is 22.5 Å². The molecular weight excluding hydrogens is 578 g/mol. The Kier molecular flexibility index (Phi) is 11.1. The van der Waals surface area contributed by atoms with Crippen LogP contribution >= 0.6 is 11.6 Å². The molecule has 1 amide bonds. The van der Waals surface area contributed by atoms with Crippen LogP contribution in [0, 0.1) is 11.6 Å². The van der Waals surface area contributed by atoms with Gasteiger partial charge in [-0.25, -0.2) is 17.2 Å². The monoisotopic (exact) mass is 608 g/mol. The molecular formula is C29H31ClF2N2O6S. The second-order valence-corrected chi connectivity index (χ2v) is 11.4. The fraction of sp³-hybridized carbons (Fsp3) is 0.310. The number of hydrogen-bond acceptors (Lipinski definition) is 6. The molecule has 3 rings (SSSR count). The summed E-state index contributed by atoms with van der Waals surface area (Å²) in [6.07, 6.45) is 0.455.